The second-order valence-corrected chi connectivity index (χ2v) is 1.39. The largest absolute Gasteiger partial charge is 0.296 e. The maximum absolute atomic E-state index is 9.80. The molecule has 0 saturated carbocycles. The molecule has 1 amide bonds. The Hall–Kier alpha value is -1.46. The Bertz CT molecular complexity index is 206. The number of amides is 1. The van der Waals surface area contributed by atoms with Gasteiger partial charge in [-0.3, -0.25) is 10.1 Å². The Balaban J connectivity index is 2.80. The summed E-state index contributed by atoms with van der Waals surface area (Å²) < 4.78 is 1.36. The first-order valence-electron chi connectivity index (χ1n) is 2.27. The van der Waals surface area contributed by atoms with Crippen molar-refractivity contribution in [1.29, 1.82) is 0 Å². The molecule has 0 unspecified atom stereocenters. The smallest absolute Gasteiger partial charge is 0.249 e. The summed E-state index contributed by atoms with van der Waals surface area (Å²) in [7, 11) is 1.63. The summed E-state index contributed by atoms with van der Waals surface area (Å²) in [5.41, 5.74) is 0. The molecular formula is C3H5N5O. The van der Waals surface area contributed by atoms with Crippen molar-refractivity contribution < 1.29 is 4.79 Å². The monoisotopic (exact) mass is 127 g/mol. The zero-order valence-corrected chi connectivity index (χ0v) is 4.77. The molecule has 1 N–H and O–H groups in total. The molecule has 0 aliphatic carbocycles. The Morgan fingerprint density at radius 1 is 1.78 bits per heavy atom. The third kappa shape index (κ3) is 1.01. The van der Waals surface area contributed by atoms with Gasteiger partial charge in [-0.1, -0.05) is 5.10 Å². The van der Waals surface area contributed by atoms with E-state index in [4.69, 9.17) is 0 Å². The highest BCUT2D eigenvalue weighted by Crippen LogP contribution is 1.90. The summed E-state index contributed by atoms with van der Waals surface area (Å²) in [6.45, 7) is 0. The van der Waals surface area contributed by atoms with Gasteiger partial charge < -0.3 is 0 Å². The van der Waals surface area contributed by atoms with E-state index >= 15 is 0 Å². The molecule has 1 aromatic rings. The van der Waals surface area contributed by atoms with Gasteiger partial charge in [0.1, 0.15) is 0 Å². The van der Waals surface area contributed by atoms with Crippen molar-refractivity contribution in [2.45, 2.75) is 0 Å². The molecule has 0 atom stereocenters. The van der Waals surface area contributed by atoms with E-state index in [0.29, 0.717) is 12.4 Å². The first-order chi connectivity index (χ1) is 4.34. The van der Waals surface area contributed by atoms with Gasteiger partial charge >= 0.3 is 0 Å². The lowest BCUT2D eigenvalue weighted by Crippen LogP contribution is -2.02. The van der Waals surface area contributed by atoms with Gasteiger partial charge in [-0.05, 0) is 10.4 Å². The van der Waals surface area contributed by atoms with Gasteiger partial charge in [-0.15, -0.1) is 0 Å². The van der Waals surface area contributed by atoms with Crippen molar-refractivity contribution in [1.82, 2.24) is 20.2 Å². The third-order valence-corrected chi connectivity index (χ3v) is 0.808. The highest BCUT2D eigenvalue weighted by Gasteiger charge is 1.95. The van der Waals surface area contributed by atoms with E-state index in [9.17, 15) is 4.79 Å². The van der Waals surface area contributed by atoms with Gasteiger partial charge in [-0.2, -0.15) is 0 Å². The zero-order valence-electron chi connectivity index (χ0n) is 4.77. The van der Waals surface area contributed by atoms with Crippen LogP contribution in [0.3, 0.4) is 0 Å². The number of tetrazole rings is 1. The van der Waals surface area contributed by atoms with Gasteiger partial charge in [0, 0.05) is 7.05 Å². The molecule has 0 radical (unpaired) electrons. The summed E-state index contributed by atoms with van der Waals surface area (Å²) in [6.07, 6.45) is 0.520. The minimum Gasteiger partial charge on any atom is -0.296 e. The number of hydrogen-bond donors (Lipinski definition) is 1. The SMILES string of the molecule is Cn1nnnc1NC=O. The van der Waals surface area contributed by atoms with Crippen molar-refractivity contribution in [3.63, 3.8) is 0 Å². The van der Waals surface area contributed by atoms with Crippen LogP contribution in [0, 0.1) is 0 Å². The Kier molecular flexibility index (Phi) is 1.39. The van der Waals surface area contributed by atoms with E-state index in [2.05, 4.69) is 20.8 Å². The average molecular weight is 127 g/mol. The highest BCUT2D eigenvalue weighted by molar-refractivity contribution is 5.66. The van der Waals surface area contributed by atoms with E-state index < -0.39 is 0 Å². The molecule has 0 spiro atoms. The fourth-order valence-corrected chi connectivity index (χ4v) is 0.404. The first-order valence-corrected chi connectivity index (χ1v) is 2.27. The zero-order chi connectivity index (χ0) is 6.69. The molecule has 1 heterocycles. The van der Waals surface area contributed by atoms with E-state index in [1.165, 1.54) is 4.68 Å². The van der Waals surface area contributed by atoms with Crippen molar-refractivity contribution in [3.05, 3.63) is 0 Å². The topological polar surface area (TPSA) is 72.7 Å². The lowest BCUT2D eigenvalue weighted by molar-refractivity contribution is -0.105. The van der Waals surface area contributed by atoms with E-state index in [-0.39, 0.29) is 0 Å². The lowest BCUT2D eigenvalue weighted by atomic mass is 10.9. The molecule has 1 aromatic heterocycles. The summed E-state index contributed by atoms with van der Waals surface area (Å²) in [6, 6.07) is 0. The minimum absolute atomic E-state index is 0.338. The van der Waals surface area contributed by atoms with Crippen molar-refractivity contribution in [3.8, 4) is 0 Å². The maximum atomic E-state index is 9.80. The third-order valence-electron chi connectivity index (χ3n) is 0.808. The Labute approximate surface area is 50.9 Å². The van der Waals surface area contributed by atoms with Gasteiger partial charge in [0.2, 0.25) is 12.4 Å². The van der Waals surface area contributed by atoms with E-state index in [1.54, 1.807) is 7.05 Å². The minimum atomic E-state index is 0.338. The molecule has 0 aliphatic heterocycles. The fraction of sp³-hybridized carbons (Fsp3) is 0.333. The molecule has 1 rings (SSSR count). The van der Waals surface area contributed by atoms with E-state index in [0.717, 1.165) is 0 Å². The molecule has 6 nitrogen and oxygen atoms in total. The quantitative estimate of drug-likeness (QED) is 0.505. The fourth-order valence-electron chi connectivity index (χ4n) is 0.404. The van der Waals surface area contributed by atoms with Gasteiger partial charge in [0.25, 0.3) is 0 Å². The second kappa shape index (κ2) is 2.21. The molecule has 9 heavy (non-hydrogen) atoms. The van der Waals surface area contributed by atoms with Gasteiger partial charge in [-0.25, -0.2) is 4.68 Å². The first kappa shape index (κ1) is 5.67. The number of anilines is 1. The predicted octanol–water partition coefficient (Wildman–Crippen LogP) is -1.22. The van der Waals surface area contributed by atoms with E-state index in [1.807, 2.05) is 0 Å². The van der Waals surface area contributed by atoms with Crippen LogP contribution >= 0.6 is 0 Å². The number of nitrogens with zero attached hydrogens (tertiary/aromatic N) is 4. The number of carbonyl (C=O) groups excluding carboxylic acids is 1. The number of hydrogen-bond acceptors (Lipinski definition) is 4. The number of rotatable bonds is 2. The second-order valence-electron chi connectivity index (χ2n) is 1.39. The number of aromatic nitrogens is 4. The molecule has 0 aliphatic rings. The van der Waals surface area contributed by atoms with Crippen LogP contribution in [0.1, 0.15) is 0 Å². The van der Waals surface area contributed by atoms with Crippen LogP contribution in [-0.4, -0.2) is 26.6 Å². The van der Waals surface area contributed by atoms with Gasteiger partial charge in [0.15, 0.2) is 0 Å². The molecule has 6 heteroatoms. The van der Waals surface area contributed by atoms with Crippen LogP contribution < -0.4 is 5.32 Å². The highest BCUT2D eigenvalue weighted by atomic mass is 16.1. The van der Waals surface area contributed by atoms with Crippen LogP contribution in [0.25, 0.3) is 0 Å². The maximum Gasteiger partial charge on any atom is 0.249 e. The Morgan fingerprint density at radius 3 is 3.00 bits per heavy atom. The van der Waals surface area contributed by atoms with Crippen LogP contribution in [-0.2, 0) is 11.8 Å². The van der Waals surface area contributed by atoms with Gasteiger partial charge in [0.05, 0.1) is 0 Å². The normalized spacial score (nSPS) is 9.00. The average Bonchev–Trinajstić information content (AvgIpc) is 2.18. The molecule has 0 fully saturated rings. The molecule has 0 bridgehead atoms. The number of aryl methyl sites for hydroxylation is 1. The summed E-state index contributed by atoms with van der Waals surface area (Å²) in [5, 5.41) is 12.5. The number of carbonyl (C=O) groups is 1. The summed E-state index contributed by atoms with van der Waals surface area (Å²) >= 11 is 0. The standard InChI is InChI=1S/C3H5N5O/c1-8-3(4-2-9)5-6-7-8/h2H,1H3,(H,4,5,7,9). The van der Waals surface area contributed by atoms with Crippen molar-refractivity contribution >= 4 is 12.4 Å². The summed E-state index contributed by atoms with van der Waals surface area (Å²) in [5.74, 6) is 0.338. The molecule has 0 aromatic carbocycles. The molecule has 48 valence electrons. The van der Waals surface area contributed by atoms with Crippen molar-refractivity contribution in [2.75, 3.05) is 5.32 Å². The lowest BCUT2D eigenvalue weighted by Gasteiger charge is -1.90. The molecule has 0 saturated heterocycles. The van der Waals surface area contributed by atoms with Crippen molar-refractivity contribution in [2.24, 2.45) is 7.05 Å². The Morgan fingerprint density at radius 2 is 2.56 bits per heavy atom. The predicted molar refractivity (Wildman–Crippen MR) is 28.5 cm³/mol. The molecular weight excluding hydrogens is 122 g/mol. The van der Waals surface area contributed by atoms with Crippen LogP contribution in [0.4, 0.5) is 5.95 Å². The van der Waals surface area contributed by atoms with Crippen LogP contribution in [0.2, 0.25) is 0 Å². The van der Waals surface area contributed by atoms with Crippen LogP contribution in [0.15, 0.2) is 0 Å². The summed E-state index contributed by atoms with van der Waals surface area (Å²) in [4.78, 5) is 9.80. The number of nitrogens with one attached hydrogen (secondary N) is 1. The van der Waals surface area contributed by atoms with Crippen LogP contribution in [0.5, 0.6) is 0 Å².